The van der Waals surface area contributed by atoms with Crippen LogP contribution in [0.2, 0.25) is 0 Å². The van der Waals surface area contributed by atoms with Crippen LogP contribution in [-0.4, -0.2) is 36.5 Å². The topological polar surface area (TPSA) is 94.2 Å². The molecule has 146 valence electrons. The van der Waals surface area contributed by atoms with Gasteiger partial charge in [-0.15, -0.1) is 0 Å². The number of ether oxygens (including phenoxy) is 3. The van der Waals surface area contributed by atoms with Crippen molar-refractivity contribution in [1.29, 1.82) is 0 Å². The number of amides is 1. The zero-order chi connectivity index (χ0) is 20.4. The van der Waals surface area contributed by atoms with E-state index in [-0.39, 0.29) is 5.57 Å². The molecular formula is C19H24N2O6. The summed E-state index contributed by atoms with van der Waals surface area (Å²) < 4.78 is 15.4. The molecule has 0 saturated carbocycles. The van der Waals surface area contributed by atoms with Crippen molar-refractivity contribution in [2.75, 3.05) is 17.3 Å². The van der Waals surface area contributed by atoms with Crippen LogP contribution >= 0.6 is 0 Å². The van der Waals surface area contributed by atoms with Gasteiger partial charge in [-0.25, -0.2) is 14.4 Å². The van der Waals surface area contributed by atoms with Gasteiger partial charge >= 0.3 is 18.0 Å². The highest BCUT2D eigenvalue weighted by atomic mass is 16.7. The van der Waals surface area contributed by atoms with Gasteiger partial charge in [-0.1, -0.05) is 6.07 Å². The molecule has 1 aromatic rings. The lowest BCUT2D eigenvalue weighted by Gasteiger charge is -2.29. The highest BCUT2D eigenvalue weighted by Gasteiger charge is 2.38. The van der Waals surface area contributed by atoms with Gasteiger partial charge in [0, 0.05) is 38.5 Å². The van der Waals surface area contributed by atoms with Gasteiger partial charge in [0.2, 0.25) is 0 Å². The van der Waals surface area contributed by atoms with Crippen molar-refractivity contribution in [3.63, 3.8) is 0 Å². The molecule has 0 atom stereocenters. The Morgan fingerprint density at radius 3 is 2.33 bits per heavy atom. The number of nitrogens with zero attached hydrogens (tertiary/aromatic N) is 1. The third-order valence-corrected chi connectivity index (χ3v) is 3.40. The number of hydrogen-bond donors (Lipinski definition) is 1. The van der Waals surface area contributed by atoms with Crippen molar-refractivity contribution in [3.05, 3.63) is 36.0 Å². The van der Waals surface area contributed by atoms with E-state index in [4.69, 9.17) is 14.2 Å². The number of carbonyl (C=O) groups excluding carboxylic acids is 3. The Morgan fingerprint density at radius 2 is 1.78 bits per heavy atom. The molecule has 1 aliphatic rings. The summed E-state index contributed by atoms with van der Waals surface area (Å²) in [6.45, 7) is 8.30. The third-order valence-electron chi connectivity index (χ3n) is 3.40. The molecule has 0 bridgehead atoms. The summed E-state index contributed by atoms with van der Waals surface area (Å²) in [6.07, 6.45) is 0.714. The smallest absolute Gasteiger partial charge is 0.414 e. The molecule has 27 heavy (non-hydrogen) atoms. The molecule has 8 nitrogen and oxygen atoms in total. The van der Waals surface area contributed by atoms with Crippen LogP contribution in [0.3, 0.4) is 0 Å². The van der Waals surface area contributed by atoms with Gasteiger partial charge in [0.1, 0.15) is 5.60 Å². The van der Waals surface area contributed by atoms with E-state index < -0.39 is 29.4 Å². The predicted molar refractivity (Wildman–Crippen MR) is 99.0 cm³/mol. The normalized spacial score (nSPS) is 16.1. The minimum absolute atomic E-state index is 0.250. The fourth-order valence-electron chi connectivity index (χ4n) is 2.17. The second kappa shape index (κ2) is 7.30. The Labute approximate surface area is 158 Å². The van der Waals surface area contributed by atoms with Crippen LogP contribution in [0.25, 0.3) is 0 Å². The average Bonchev–Trinajstić information content (AvgIpc) is 2.50. The Bertz CT molecular complexity index is 770. The number of hydrogen-bond acceptors (Lipinski definition) is 7. The summed E-state index contributed by atoms with van der Waals surface area (Å²) >= 11 is 0. The number of anilines is 2. The van der Waals surface area contributed by atoms with Crippen LogP contribution in [0, 0.1) is 0 Å². The zero-order valence-electron chi connectivity index (χ0n) is 16.3. The molecule has 1 aliphatic heterocycles. The van der Waals surface area contributed by atoms with Crippen molar-refractivity contribution in [3.8, 4) is 0 Å². The molecule has 2 rings (SSSR count). The Morgan fingerprint density at radius 1 is 1.19 bits per heavy atom. The highest BCUT2D eigenvalue weighted by molar-refractivity contribution is 6.15. The Balaban J connectivity index is 2.13. The van der Waals surface area contributed by atoms with Gasteiger partial charge in [-0.3, -0.25) is 4.90 Å². The van der Waals surface area contributed by atoms with Crippen molar-refractivity contribution >= 4 is 29.4 Å². The lowest BCUT2D eigenvalue weighted by molar-refractivity contribution is -0.222. The molecule has 0 aromatic heterocycles. The standard InChI is InChI=1S/C19H24N2O6/c1-18(2,3)27-17(24)21(6)13-9-7-8-12(10-13)20-11-14-15(22)25-19(4,5)26-16(14)23/h7-11,20H,1-6H3. The van der Waals surface area contributed by atoms with E-state index >= 15 is 0 Å². The van der Waals surface area contributed by atoms with Crippen molar-refractivity contribution in [2.24, 2.45) is 0 Å². The molecule has 1 saturated heterocycles. The number of cyclic esters (lactones) is 2. The number of benzene rings is 1. The second-order valence-electron chi connectivity index (χ2n) is 7.47. The first-order chi connectivity index (χ1) is 12.4. The quantitative estimate of drug-likeness (QED) is 0.492. The molecule has 1 N–H and O–H groups in total. The Kier molecular flexibility index (Phi) is 5.48. The average molecular weight is 376 g/mol. The monoisotopic (exact) mass is 376 g/mol. The van der Waals surface area contributed by atoms with E-state index in [9.17, 15) is 14.4 Å². The first-order valence-electron chi connectivity index (χ1n) is 8.38. The molecule has 0 unspecified atom stereocenters. The maximum atomic E-state index is 12.2. The summed E-state index contributed by atoms with van der Waals surface area (Å²) in [5, 5.41) is 2.84. The van der Waals surface area contributed by atoms with Gasteiger partial charge in [0.15, 0.2) is 5.57 Å². The maximum absolute atomic E-state index is 12.2. The van der Waals surface area contributed by atoms with Gasteiger partial charge < -0.3 is 19.5 Å². The molecular weight excluding hydrogens is 352 g/mol. The van der Waals surface area contributed by atoms with Gasteiger partial charge in [-0.05, 0) is 39.0 Å². The van der Waals surface area contributed by atoms with Crippen molar-refractivity contribution in [2.45, 2.75) is 46.0 Å². The number of rotatable bonds is 3. The zero-order valence-corrected chi connectivity index (χ0v) is 16.3. The fourth-order valence-corrected chi connectivity index (χ4v) is 2.17. The van der Waals surface area contributed by atoms with E-state index in [0.29, 0.717) is 11.4 Å². The van der Waals surface area contributed by atoms with E-state index in [1.807, 2.05) is 0 Å². The summed E-state index contributed by atoms with van der Waals surface area (Å²) in [7, 11) is 1.59. The maximum Gasteiger partial charge on any atom is 0.414 e. The van der Waals surface area contributed by atoms with Crippen molar-refractivity contribution < 1.29 is 28.6 Å². The van der Waals surface area contributed by atoms with Gasteiger partial charge in [0.05, 0.1) is 0 Å². The number of carbonyl (C=O) groups is 3. The largest absolute Gasteiger partial charge is 0.443 e. The Hall–Kier alpha value is -3.03. The van der Waals surface area contributed by atoms with Crippen LogP contribution in [-0.2, 0) is 23.8 Å². The van der Waals surface area contributed by atoms with Crippen LogP contribution in [0.1, 0.15) is 34.6 Å². The molecule has 1 amide bonds. The fraction of sp³-hybridized carbons (Fsp3) is 0.421. The van der Waals surface area contributed by atoms with E-state index in [2.05, 4.69) is 5.32 Å². The van der Waals surface area contributed by atoms with Gasteiger partial charge in [0.25, 0.3) is 5.79 Å². The molecule has 0 spiro atoms. The minimum atomic E-state index is -1.29. The molecule has 1 fully saturated rings. The summed E-state index contributed by atoms with van der Waals surface area (Å²) in [4.78, 5) is 37.4. The van der Waals surface area contributed by atoms with Crippen LogP contribution in [0.5, 0.6) is 0 Å². The lowest BCUT2D eigenvalue weighted by atomic mass is 10.2. The molecule has 8 heteroatoms. The summed E-state index contributed by atoms with van der Waals surface area (Å²) in [6, 6.07) is 6.84. The van der Waals surface area contributed by atoms with E-state index in [1.165, 1.54) is 24.9 Å². The van der Waals surface area contributed by atoms with Crippen LogP contribution in [0.4, 0.5) is 16.2 Å². The SMILES string of the molecule is CN(C(=O)OC(C)(C)C)c1cccc(NC=C2C(=O)OC(C)(C)OC2=O)c1. The first-order valence-corrected chi connectivity index (χ1v) is 8.38. The van der Waals surface area contributed by atoms with Crippen LogP contribution in [0.15, 0.2) is 36.0 Å². The highest BCUT2D eigenvalue weighted by Crippen LogP contribution is 2.24. The summed E-state index contributed by atoms with van der Waals surface area (Å²) in [5.74, 6) is -2.83. The van der Waals surface area contributed by atoms with Crippen molar-refractivity contribution in [1.82, 2.24) is 0 Å². The molecule has 1 heterocycles. The number of nitrogens with one attached hydrogen (secondary N) is 1. The first kappa shape index (κ1) is 20.3. The predicted octanol–water partition coefficient (Wildman–Crippen LogP) is 3.19. The van der Waals surface area contributed by atoms with E-state index in [1.54, 1.807) is 52.1 Å². The molecule has 0 aliphatic carbocycles. The van der Waals surface area contributed by atoms with Crippen LogP contribution < -0.4 is 10.2 Å². The number of esters is 2. The van der Waals surface area contributed by atoms with Gasteiger partial charge in [-0.2, -0.15) is 0 Å². The molecule has 1 aromatic carbocycles. The minimum Gasteiger partial charge on any atom is -0.443 e. The third kappa shape index (κ3) is 5.47. The second-order valence-corrected chi connectivity index (χ2v) is 7.47. The van der Waals surface area contributed by atoms with E-state index in [0.717, 1.165) is 0 Å². The lowest BCUT2D eigenvalue weighted by Crippen LogP contribution is -2.42. The summed E-state index contributed by atoms with van der Waals surface area (Å²) in [5.41, 5.74) is 0.268. The molecule has 0 radical (unpaired) electrons.